The number of amides is 1. The SMILES string of the molecule is CC(C)(C)OC(=O)CCN1C(=O)CSC1c1ccc(F)c(Cl)c1. The third-order valence-electron chi connectivity index (χ3n) is 3.17. The minimum absolute atomic E-state index is 0.0227. The van der Waals surface area contributed by atoms with Crippen molar-refractivity contribution in [2.75, 3.05) is 12.3 Å². The van der Waals surface area contributed by atoms with Crippen LogP contribution in [0, 0.1) is 5.82 Å². The Morgan fingerprint density at radius 2 is 2.17 bits per heavy atom. The van der Waals surface area contributed by atoms with Gasteiger partial charge in [0.05, 0.1) is 17.2 Å². The van der Waals surface area contributed by atoms with Gasteiger partial charge in [0.1, 0.15) is 16.8 Å². The zero-order valence-corrected chi connectivity index (χ0v) is 14.8. The first-order chi connectivity index (χ1) is 10.7. The molecule has 0 aliphatic carbocycles. The fourth-order valence-corrected chi connectivity index (χ4v) is 3.64. The van der Waals surface area contributed by atoms with E-state index in [0.717, 1.165) is 5.56 Å². The van der Waals surface area contributed by atoms with Gasteiger partial charge in [-0.05, 0) is 38.5 Å². The van der Waals surface area contributed by atoms with Gasteiger partial charge in [-0.1, -0.05) is 17.7 Å². The summed E-state index contributed by atoms with van der Waals surface area (Å²) in [7, 11) is 0. The second-order valence-electron chi connectivity index (χ2n) is 6.26. The number of rotatable bonds is 4. The molecule has 23 heavy (non-hydrogen) atoms. The Morgan fingerprint density at radius 1 is 1.48 bits per heavy atom. The van der Waals surface area contributed by atoms with Gasteiger partial charge in [-0.25, -0.2) is 4.39 Å². The topological polar surface area (TPSA) is 46.6 Å². The number of carbonyl (C=O) groups excluding carboxylic acids is 2. The average molecular weight is 360 g/mol. The second kappa shape index (κ2) is 7.09. The summed E-state index contributed by atoms with van der Waals surface area (Å²) >= 11 is 7.25. The van der Waals surface area contributed by atoms with Crippen molar-refractivity contribution in [2.24, 2.45) is 0 Å². The lowest BCUT2D eigenvalue weighted by Gasteiger charge is -2.25. The molecule has 1 aliphatic heterocycles. The molecule has 1 saturated heterocycles. The van der Waals surface area contributed by atoms with E-state index in [9.17, 15) is 14.0 Å². The van der Waals surface area contributed by atoms with E-state index in [1.807, 2.05) is 0 Å². The van der Waals surface area contributed by atoms with E-state index in [1.54, 1.807) is 31.7 Å². The zero-order valence-electron chi connectivity index (χ0n) is 13.3. The first kappa shape index (κ1) is 18.1. The van der Waals surface area contributed by atoms with Crippen molar-refractivity contribution in [1.29, 1.82) is 0 Å². The normalized spacial score (nSPS) is 18.4. The number of ether oxygens (including phenoxy) is 1. The van der Waals surface area contributed by atoms with Gasteiger partial charge in [0.15, 0.2) is 0 Å². The van der Waals surface area contributed by atoms with Crippen molar-refractivity contribution >= 4 is 35.2 Å². The van der Waals surface area contributed by atoms with Crippen molar-refractivity contribution in [1.82, 2.24) is 4.90 Å². The van der Waals surface area contributed by atoms with Crippen LogP contribution in [0.15, 0.2) is 18.2 Å². The highest BCUT2D eigenvalue weighted by Gasteiger charge is 2.33. The van der Waals surface area contributed by atoms with Gasteiger partial charge in [0.2, 0.25) is 5.91 Å². The summed E-state index contributed by atoms with van der Waals surface area (Å²) in [4.78, 5) is 25.5. The molecule has 0 saturated carbocycles. The van der Waals surface area contributed by atoms with Crippen LogP contribution in [0.25, 0.3) is 0 Å². The number of halogens is 2. The summed E-state index contributed by atoms with van der Waals surface area (Å²) in [6.45, 7) is 5.65. The third-order valence-corrected chi connectivity index (χ3v) is 4.72. The number of benzene rings is 1. The minimum Gasteiger partial charge on any atom is -0.460 e. The number of hydrogen-bond donors (Lipinski definition) is 0. The smallest absolute Gasteiger partial charge is 0.308 e. The zero-order chi connectivity index (χ0) is 17.2. The van der Waals surface area contributed by atoms with E-state index in [-0.39, 0.29) is 35.2 Å². The van der Waals surface area contributed by atoms with E-state index in [1.165, 1.54) is 23.9 Å². The summed E-state index contributed by atoms with van der Waals surface area (Å²) in [5.41, 5.74) is 0.196. The van der Waals surface area contributed by atoms with Crippen LogP contribution >= 0.6 is 23.4 Å². The summed E-state index contributed by atoms with van der Waals surface area (Å²) in [5, 5.41) is -0.238. The van der Waals surface area contributed by atoms with Gasteiger partial charge in [0.25, 0.3) is 0 Å². The highest BCUT2D eigenvalue weighted by Crippen LogP contribution is 2.39. The molecule has 1 atom stereocenters. The average Bonchev–Trinajstić information content (AvgIpc) is 2.79. The highest BCUT2D eigenvalue weighted by atomic mass is 35.5. The van der Waals surface area contributed by atoms with Crippen LogP contribution in [0.1, 0.15) is 38.1 Å². The third kappa shape index (κ3) is 4.85. The molecular formula is C16H19ClFNO3S. The standard InChI is InChI=1S/C16H19ClFNO3S/c1-16(2,3)22-14(21)6-7-19-13(20)9-23-15(19)10-4-5-12(18)11(17)8-10/h4-5,8,15H,6-7,9H2,1-3H3. The maximum absolute atomic E-state index is 13.3. The number of nitrogens with zero attached hydrogens (tertiary/aromatic N) is 1. The summed E-state index contributed by atoms with van der Waals surface area (Å²) < 4.78 is 18.5. The molecule has 1 unspecified atom stereocenters. The maximum Gasteiger partial charge on any atom is 0.308 e. The minimum atomic E-state index is -0.551. The van der Waals surface area contributed by atoms with Crippen LogP contribution in [-0.2, 0) is 14.3 Å². The van der Waals surface area contributed by atoms with E-state index >= 15 is 0 Å². The number of esters is 1. The van der Waals surface area contributed by atoms with Crippen LogP contribution in [-0.4, -0.2) is 34.7 Å². The number of thioether (sulfide) groups is 1. The predicted octanol–water partition coefficient (Wildman–Crippen LogP) is 3.78. The van der Waals surface area contributed by atoms with Gasteiger partial charge in [0, 0.05) is 6.54 Å². The van der Waals surface area contributed by atoms with Crippen molar-refractivity contribution in [3.05, 3.63) is 34.6 Å². The van der Waals surface area contributed by atoms with E-state index in [4.69, 9.17) is 16.3 Å². The largest absolute Gasteiger partial charge is 0.460 e. The van der Waals surface area contributed by atoms with Crippen molar-refractivity contribution in [3.8, 4) is 0 Å². The van der Waals surface area contributed by atoms with Crippen molar-refractivity contribution in [2.45, 2.75) is 38.2 Å². The molecule has 0 radical (unpaired) electrons. The molecule has 0 bridgehead atoms. The molecule has 0 N–H and O–H groups in total. The van der Waals surface area contributed by atoms with Crippen LogP contribution in [0.4, 0.5) is 4.39 Å². The predicted molar refractivity (Wildman–Crippen MR) is 88.8 cm³/mol. The van der Waals surface area contributed by atoms with E-state index in [0.29, 0.717) is 5.75 Å². The molecule has 0 spiro atoms. The fourth-order valence-electron chi connectivity index (χ4n) is 2.24. The first-order valence-electron chi connectivity index (χ1n) is 7.25. The Bertz CT molecular complexity index is 618. The molecule has 1 amide bonds. The molecule has 126 valence electrons. The highest BCUT2D eigenvalue weighted by molar-refractivity contribution is 8.00. The maximum atomic E-state index is 13.3. The molecule has 0 aromatic heterocycles. The lowest BCUT2D eigenvalue weighted by atomic mass is 10.2. The van der Waals surface area contributed by atoms with E-state index < -0.39 is 11.4 Å². The number of hydrogen-bond acceptors (Lipinski definition) is 4. The molecule has 1 fully saturated rings. The van der Waals surface area contributed by atoms with Crippen LogP contribution < -0.4 is 0 Å². The molecule has 1 aliphatic rings. The Balaban J connectivity index is 2.05. The Kier molecular flexibility index (Phi) is 5.57. The fraction of sp³-hybridized carbons (Fsp3) is 0.500. The summed E-state index contributed by atoms with van der Waals surface area (Å²) in [6, 6.07) is 4.42. The van der Waals surface area contributed by atoms with Crippen molar-refractivity contribution < 1.29 is 18.7 Å². The monoisotopic (exact) mass is 359 g/mol. The molecule has 7 heteroatoms. The lowest BCUT2D eigenvalue weighted by molar-refractivity contribution is -0.155. The summed E-state index contributed by atoms with van der Waals surface area (Å²) in [6.07, 6.45) is 0.120. The summed E-state index contributed by atoms with van der Waals surface area (Å²) in [5.74, 6) is -0.569. The second-order valence-corrected chi connectivity index (χ2v) is 7.74. The van der Waals surface area contributed by atoms with Crippen molar-refractivity contribution in [3.63, 3.8) is 0 Å². The van der Waals surface area contributed by atoms with Gasteiger partial charge in [-0.15, -0.1) is 11.8 Å². The quantitative estimate of drug-likeness (QED) is 0.767. The van der Waals surface area contributed by atoms with Crippen LogP contribution in [0.5, 0.6) is 0 Å². The lowest BCUT2D eigenvalue weighted by Crippen LogP contribution is -2.32. The Labute approximate surface area is 144 Å². The van der Waals surface area contributed by atoms with Gasteiger partial charge in [-0.3, -0.25) is 9.59 Å². The molecule has 2 rings (SSSR count). The molecule has 1 heterocycles. The van der Waals surface area contributed by atoms with Crippen LogP contribution in [0.2, 0.25) is 5.02 Å². The van der Waals surface area contributed by atoms with Gasteiger partial charge >= 0.3 is 5.97 Å². The van der Waals surface area contributed by atoms with Gasteiger partial charge < -0.3 is 9.64 Å². The van der Waals surface area contributed by atoms with Crippen LogP contribution in [0.3, 0.4) is 0 Å². The van der Waals surface area contributed by atoms with Gasteiger partial charge in [-0.2, -0.15) is 0 Å². The molecule has 1 aromatic rings. The molecule has 4 nitrogen and oxygen atoms in total. The van der Waals surface area contributed by atoms with E-state index in [2.05, 4.69) is 0 Å². The molecular weight excluding hydrogens is 341 g/mol. The Morgan fingerprint density at radius 3 is 2.78 bits per heavy atom. The first-order valence-corrected chi connectivity index (χ1v) is 8.68. The number of carbonyl (C=O) groups is 2. The molecule has 1 aromatic carbocycles. The Hall–Kier alpha value is -1.27.